The number of ketones is 1. The molecular formula is C33H36N6O5. The van der Waals surface area contributed by atoms with Gasteiger partial charge in [-0.2, -0.15) is 5.26 Å². The van der Waals surface area contributed by atoms with Crippen molar-refractivity contribution in [1.29, 1.82) is 5.26 Å². The molecular weight excluding hydrogens is 560 g/mol. The Hall–Kier alpha value is -5.11. The zero-order chi connectivity index (χ0) is 31.2. The van der Waals surface area contributed by atoms with E-state index in [1.807, 2.05) is 19.1 Å². The fourth-order valence-corrected chi connectivity index (χ4v) is 5.81. The number of hydrogen-bond donors (Lipinski definition) is 3. The van der Waals surface area contributed by atoms with Gasteiger partial charge in [0.15, 0.2) is 0 Å². The van der Waals surface area contributed by atoms with E-state index in [0.29, 0.717) is 31.7 Å². The summed E-state index contributed by atoms with van der Waals surface area (Å²) in [5.74, 6) is -1.23. The zero-order valence-electron chi connectivity index (χ0n) is 24.9. The van der Waals surface area contributed by atoms with Crippen LogP contribution in [-0.4, -0.2) is 72.6 Å². The van der Waals surface area contributed by atoms with E-state index in [9.17, 15) is 24.4 Å². The van der Waals surface area contributed by atoms with Crippen molar-refractivity contribution in [3.8, 4) is 17.2 Å². The fourth-order valence-electron chi connectivity index (χ4n) is 5.81. The van der Waals surface area contributed by atoms with Crippen molar-refractivity contribution in [3.05, 3.63) is 77.0 Å². The largest absolute Gasteiger partial charge is 0.472 e. The van der Waals surface area contributed by atoms with Crippen molar-refractivity contribution in [2.75, 3.05) is 38.5 Å². The number of carbonyl (C=O) groups is 4. The Morgan fingerprint density at radius 1 is 1.05 bits per heavy atom. The van der Waals surface area contributed by atoms with E-state index >= 15 is 0 Å². The minimum Gasteiger partial charge on any atom is -0.472 e. The van der Waals surface area contributed by atoms with Crippen LogP contribution in [0, 0.1) is 18.3 Å². The quantitative estimate of drug-likeness (QED) is 0.193. The molecule has 3 heterocycles. The van der Waals surface area contributed by atoms with Gasteiger partial charge in [-0.25, -0.2) is 0 Å². The number of benzene rings is 1. The van der Waals surface area contributed by atoms with Crippen LogP contribution in [0.25, 0.3) is 11.1 Å². The van der Waals surface area contributed by atoms with Gasteiger partial charge in [0.1, 0.15) is 23.5 Å². The normalized spacial score (nSPS) is 17.5. The van der Waals surface area contributed by atoms with Crippen LogP contribution in [0.1, 0.15) is 58.4 Å². The van der Waals surface area contributed by atoms with Crippen LogP contribution in [0.5, 0.6) is 0 Å². The number of Topliss-reactive ketones (excluding diaryl/α,β-unsaturated/α-hetero) is 1. The maximum absolute atomic E-state index is 13.9. The summed E-state index contributed by atoms with van der Waals surface area (Å²) in [7, 11) is 1.49. The molecule has 0 unspecified atom stereocenters. The van der Waals surface area contributed by atoms with Gasteiger partial charge in [-0.05, 0) is 68.9 Å². The Labute approximate surface area is 256 Å². The van der Waals surface area contributed by atoms with E-state index in [1.165, 1.54) is 25.4 Å². The Morgan fingerprint density at radius 3 is 2.55 bits per heavy atom. The van der Waals surface area contributed by atoms with Gasteiger partial charge < -0.3 is 30.2 Å². The second-order valence-corrected chi connectivity index (χ2v) is 11.1. The summed E-state index contributed by atoms with van der Waals surface area (Å²) in [5, 5.41) is 19.4. The second kappa shape index (κ2) is 13.5. The van der Waals surface area contributed by atoms with Crippen molar-refractivity contribution in [3.63, 3.8) is 0 Å². The number of aryl methyl sites for hydroxylation is 1. The Kier molecular flexibility index (Phi) is 9.29. The number of carbonyl (C=O) groups excluding carboxylic acids is 4. The molecule has 5 rings (SSSR count). The van der Waals surface area contributed by atoms with Gasteiger partial charge in [0.05, 0.1) is 24.8 Å². The van der Waals surface area contributed by atoms with Gasteiger partial charge in [0, 0.05) is 48.9 Å². The van der Waals surface area contributed by atoms with Crippen LogP contribution in [0.4, 0.5) is 5.69 Å². The first-order valence-electron chi connectivity index (χ1n) is 14.9. The molecule has 228 valence electrons. The number of rotatable bonds is 9. The molecule has 4 aliphatic rings. The molecule has 3 N–H and O–H groups in total. The lowest BCUT2D eigenvalue weighted by Crippen LogP contribution is -2.49. The van der Waals surface area contributed by atoms with Gasteiger partial charge in [-0.1, -0.05) is 12.1 Å². The topological polar surface area (TPSA) is 148 Å². The van der Waals surface area contributed by atoms with Gasteiger partial charge in [-0.3, -0.25) is 19.2 Å². The standard InChI is InChI=1S/C33H36N6O5/c1-21-16-24-20-44-15-11-25(24)29(21)37-31(26(18-34)30(41)22-8-7-9-23(17-22)32(42)35-2)36-27-10-3-4-14-39(33(27)43)19-28(40)38-12-5-6-13-38/h7-9,11,15-17,20,27,36-37H,3-6,10,12-14,19H2,1-2H3,(H,35,42)/t27-/m0/s1. The van der Waals surface area contributed by atoms with E-state index in [4.69, 9.17) is 4.42 Å². The van der Waals surface area contributed by atoms with Crippen LogP contribution in [-0.2, 0) is 9.59 Å². The average Bonchev–Trinajstić information content (AvgIpc) is 3.65. The highest BCUT2D eigenvalue weighted by atomic mass is 16.3. The molecule has 11 nitrogen and oxygen atoms in total. The second-order valence-electron chi connectivity index (χ2n) is 11.1. The predicted octanol–water partition coefficient (Wildman–Crippen LogP) is 3.68. The third-order valence-electron chi connectivity index (χ3n) is 8.19. The third-order valence-corrected chi connectivity index (χ3v) is 8.19. The van der Waals surface area contributed by atoms with E-state index in [1.54, 1.807) is 34.3 Å². The smallest absolute Gasteiger partial charge is 0.251 e. The first-order chi connectivity index (χ1) is 21.3. The predicted molar refractivity (Wildman–Crippen MR) is 164 cm³/mol. The highest BCUT2D eigenvalue weighted by Crippen LogP contribution is 2.37. The van der Waals surface area contributed by atoms with Gasteiger partial charge in [-0.15, -0.1) is 0 Å². The summed E-state index contributed by atoms with van der Waals surface area (Å²) in [4.78, 5) is 56.3. The van der Waals surface area contributed by atoms with Crippen molar-refractivity contribution < 1.29 is 23.6 Å². The maximum atomic E-state index is 13.9. The van der Waals surface area contributed by atoms with Crippen LogP contribution >= 0.6 is 0 Å². The number of likely N-dealkylation sites (tertiary alicyclic amines) is 2. The summed E-state index contributed by atoms with van der Waals surface area (Å²) >= 11 is 0. The summed E-state index contributed by atoms with van der Waals surface area (Å²) in [6.45, 7) is 3.75. The Balaban J connectivity index is 1.51. The summed E-state index contributed by atoms with van der Waals surface area (Å²) < 4.78 is 5.32. The molecule has 0 saturated carbocycles. The zero-order valence-corrected chi connectivity index (χ0v) is 24.9. The lowest BCUT2D eigenvalue weighted by molar-refractivity contribution is -0.140. The molecule has 1 aliphatic carbocycles. The molecule has 1 atom stereocenters. The van der Waals surface area contributed by atoms with Crippen molar-refractivity contribution in [2.24, 2.45) is 0 Å². The molecule has 1 aromatic rings. The lowest BCUT2D eigenvalue weighted by Gasteiger charge is -2.28. The highest BCUT2D eigenvalue weighted by molar-refractivity contribution is 6.13. The number of amides is 3. The number of nitrogens with zero attached hydrogens (tertiary/aromatic N) is 3. The van der Waals surface area contributed by atoms with E-state index < -0.39 is 11.8 Å². The van der Waals surface area contributed by atoms with Crippen LogP contribution in [0.15, 0.2) is 64.7 Å². The molecule has 3 aliphatic heterocycles. The van der Waals surface area contributed by atoms with E-state index in [-0.39, 0.29) is 46.8 Å². The SMILES string of the molecule is CNC(=O)c1cccc(C(=O)C(C#N)=C(Nc2c(C)cc3coccc2-3)N[C@H]2CCCCN(CC(=O)N3CCCC3)C2=O)c1. The van der Waals surface area contributed by atoms with E-state index in [2.05, 4.69) is 16.0 Å². The number of anilines is 1. The fraction of sp³-hybridized carbons (Fsp3) is 0.364. The molecule has 0 bridgehead atoms. The number of nitriles is 1. The Morgan fingerprint density at radius 2 is 1.80 bits per heavy atom. The van der Waals surface area contributed by atoms with Gasteiger partial charge >= 0.3 is 0 Å². The van der Waals surface area contributed by atoms with Crippen LogP contribution < -0.4 is 16.0 Å². The van der Waals surface area contributed by atoms with Crippen molar-refractivity contribution >= 4 is 29.2 Å². The third kappa shape index (κ3) is 6.44. The van der Waals surface area contributed by atoms with Gasteiger partial charge in [0.25, 0.3) is 5.91 Å². The molecule has 0 radical (unpaired) electrons. The molecule has 0 spiro atoms. The average molecular weight is 597 g/mol. The number of nitrogens with one attached hydrogen (secondary N) is 3. The maximum Gasteiger partial charge on any atom is 0.251 e. The highest BCUT2D eigenvalue weighted by Gasteiger charge is 2.32. The number of fused-ring (bicyclic) bond motifs is 1. The molecule has 1 aromatic carbocycles. The molecule has 2 fully saturated rings. The van der Waals surface area contributed by atoms with Gasteiger partial charge in [0.2, 0.25) is 17.6 Å². The van der Waals surface area contributed by atoms with Crippen molar-refractivity contribution in [2.45, 2.75) is 45.1 Å². The van der Waals surface area contributed by atoms with E-state index in [0.717, 1.165) is 42.4 Å². The lowest BCUT2D eigenvalue weighted by atomic mass is 10.0. The van der Waals surface area contributed by atoms with Crippen molar-refractivity contribution in [1.82, 2.24) is 20.4 Å². The molecule has 11 heteroatoms. The molecule has 3 amide bonds. The minimum atomic E-state index is -0.781. The molecule has 2 saturated heterocycles. The van der Waals surface area contributed by atoms with Crippen LogP contribution in [0.2, 0.25) is 0 Å². The summed E-state index contributed by atoms with van der Waals surface area (Å²) in [6, 6.07) is 11.1. The first-order valence-corrected chi connectivity index (χ1v) is 14.9. The minimum absolute atomic E-state index is 0.00406. The number of hydrogen-bond acceptors (Lipinski definition) is 8. The number of allylic oxidation sites excluding steroid dienone is 1. The Bertz CT molecular complexity index is 1610. The molecule has 44 heavy (non-hydrogen) atoms. The summed E-state index contributed by atoms with van der Waals surface area (Å²) in [5.41, 5.74) is 3.31. The first kappa shape index (κ1) is 30.4. The molecule has 0 aromatic heterocycles. The monoisotopic (exact) mass is 596 g/mol. The summed E-state index contributed by atoms with van der Waals surface area (Å²) in [6.07, 6.45) is 6.97. The van der Waals surface area contributed by atoms with Crippen LogP contribution in [0.3, 0.4) is 0 Å².